The van der Waals surface area contributed by atoms with E-state index < -0.39 is 0 Å². The average Bonchev–Trinajstić information content (AvgIpc) is 3.53. The number of rotatable bonds is 8. The number of fused-ring (bicyclic) bond motifs is 1. The number of thiophene rings is 1. The van der Waals surface area contributed by atoms with Crippen molar-refractivity contribution in [2.45, 2.75) is 38.6 Å². The van der Waals surface area contributed by atoms with Crippen LogP contribution in [-0.2, 0) is 22.7 Å². The molecule has 2 N–H and O–H groups in total. The van der Waals surface area contributed by atoms with Crippen LogP contribution < -0.4 is 20.3 Å². The van der Waals surface area contributed by atoms with E-state index in [2.05, 4.69) is 10.8 Å². The maximum absolute atomic E-state index is 12.4. The first kappa shape index (κ1) is 21.8. The molecule has 4 heterocycles. The van der Waals surface area contributed by atoms with Gasteiger partial charge >= 0.3 is 0 Å². The topological polar surface area (TPSA) is 90.9 Å². The maximum Gasteiger partial charge on any atom is 0.285 e. The molecule has 0 bridgehead atoms. The maximum atomic E-state index is 12.4. The zero-order valence-electron chi connectivity index (χ0n) is 18.0. The smallest absolute Gasteiger partial charge is 0.285 e. The van der Waals surface area contributed by atoms with E-state index in [1.54, 1.807) is 6.07 Å². The van der Waals surface area contributed by atoms with Gasteiger partial charge in [0.15, 0.2) is 17.8 Å². The van der Waals surface area contributed by atoms with Gasteiger partial charge in [-0.15, -0.1) is 11.3 Å². The highest BCUT2D eigenvalue weighted by molar-refractivity contribution is 7.17. The van der Waals surface area contributed by atoms with Crippen LogP contribution in [0.5, 0.6) is 11.5 Å². The van der Waals surface area contributed by atoms with Crippen molar-refractivity contribution in [3.05, 3.63) is 64.7 Å². The lowest BCUT2D eigenvalue weighted by atomic mass is 10.2. The second-order valence-electron chi connectivity index (χ2n) is 7.81. The Balaban J connectivity index is 1.15. The minimum atomic E-state index is -0.370. The summed E-state index contributed by atoms with van der Waals surface area (Å²) in [6, 6.07) is 15.5. The summed E-state index contributed by atoms with van der Waals surface area (Å²) in [4.78, 5) is 24.0. The summed E-state index contributed by atoms with van der Waals surface area (Å²) in [6.45, 7) is 2.25. The van der Waals surface area contributed by atoms with Gasteiger partial charge in [-0.25, -0.2) is 10.3 Å². The third-order valence-electron chi connectivity index (χ3n) is 5.38. The molecule has 2 aliphatic rings. The monoisotopic (exact) mass is 467 g/mol. The van der Waals surface area contributed by atoms with E-state index in [4.69, 9.17) is 24.0 Å². The van der Waals surface area contributed by atoms with Crippen LogP contribution in [0.2, 0.25) is 0 Å². The van der Waals surface area contributed by atoms with Gasteiger partial charge in [-0.3, -0.25) is 9.78 Å². The first-order valence-electron chi connectivity index (χ1n) is 11.0. The first-order chi connectivity index (χ1) is 16.2. The average molecular weight is 468 g/mol. The number of carbonyl (C=O) groups excluding carboxylic acids is 1. The van der Waals surface area contributed by atoms with Gasteiger partial charge in [0.1, 0.15) is 0 Å². The number of ether oxygens (including phenoxy) is 3. The van der Waals surface area contributed by atoms with Crippen molar-refractivity contribution in [2.75, 3.05) is 13.4 Å². The Labute approximate surface area is 195 Å². The highest BCUT2D eigenvalue weighted by Gasteiger charge is 2.18. The molecule has 0 aliphatic carbocycles. The van der Waals surface area contributed by atoms with Gasteiger partial charge in [0.05, 0.1) is 21.1 Å². The highest BCUT2D eigenvalue weighted by atomic mass is 32.1. The molecule has 1 aromatic carbocycles. The third-order valence-corrected chi connectivity index (χ3v) is 6.49. The molecule has 3 aromatic rings. The Hall–Kier alpha value is -2.98. The van der Waals surface area contributed by atoms with E-state index in [1.807, 2.05) is 42.5 Å². The molecule has 33 heavy (non-hydrogen) atoms. The minimum absolute atomic E-state index is 0.275. The molecular weight excluding hydrogens is 442 g/mol. The molecule has 0 spiro atoms. The summed E-state index contributed by atoms with van der Waals surface area (Å²) >= 11 is 1.38. The van der Waals surface area contributed by atoms with Crippen molar-refractivity contribution in [1.29, 1.82) is 0 Å². The van der Waals surface area contributed by atoms with Crippen molar-refractivity contribution in [1.82, 2.24) is 15.8 Å². The standard InChI is InChI=1S/C24H25N3O5S/c28-24(27-32-23-6-1-2-11-29-23)22-10-9-21(33-22)18-5-3-4-17(26-18)14-25-13-16-7-8-19-20(12-16)31-15-30-19/h3-5,7-10,12,23,25H,1-2,6,11,13-15H2,(H,27,28). The van der Waals surface area contributed by atoms with Crippen LogP contribution in [0, 0.1) is 0 Å². The van der Waals surface area contributed by atoms with Crippen LogP contribution in [0.3, 0.4) is 0 Å². The lowest BCUT2D eigenvalue weighted by Gasteiger charge is -2.21. The molecule has 0 saturated carbocycles. The van der Waals surface area contributed by atoms with E-state index >= 15 is 0 Å². The van der Waals surface area contributed by atoms with Gasteiger partial charge in [-0.05, 0) is 54.8 Å². The summed E-state index contributed by atoms with van der Waals surface area (Å²) in [5.41, 5.74) is 5.37. The lowest BCUT2D eigenvalue weighted by Crippen LogP contribution is -2.32. The summed E-state index contributed by atoms with van der Waals surface area (Å²) in [5.74, 6) is 1.29. The van der Waals surface area contributed by atoms with E-state index in [9.17, 15) is 4.79 Å². The van der Waals surface area contributed by atoms with Crippen molar-refractivity contribution < 1.29 is 23.8 Å². The predicted octanol–water partition coefficient (Wildman–Crippen LogP) is 4.02. The van der Waals surface area contributed by atoms with Gasteiger partial charge in [0.2, 0.25) is 6.79 Å². The van der Waals surface area contributed by atoms with Gasteiger partial charge in [0, 0.05) is 26.1 Å². The first-order valence-corrected chi connectivity index (χ1v) is 11.8. The molecule has 0 radical (unpaired) electrons. The zero-order valence-corrected chi connectivity index (χ0v) is 18.9. The molecule has 5 rings (SSSR count). The summed E-state index contributed by atoms with van der Waals surface area (Å²) in [7, 11) is 0. The normalized spacial score (nSPS) is 17.2. The number of pyridine rings is 1. The molecule has 172 valence electrons. The van der Waals surface area contributed by atoms with Crippen molar-refractivity contribution in [3.8, 4) is 22.1 Å². The van der Waals surface area contributed by atoms with Gasteiger partial charge < -0.3 is 19.5 Å². The number of aromatic nitrogens is 1. The van der Waals surface area contributed by atoms with Crippen LogP contribution in [-0.4, -0.2) is 30.6 Å². The van der Waals surface area contributed by atoms with Crippen molar-refractivity contribution in [3.63, 3.8) is 0 Å². The highest BCUT2D eigenvalue weighted by Crippen LogP contribution is 2.32. The van der Waals surface area contributed by atoms with Crippen LogP contribution in [0.15, 0.2) is 48.5 Å². The second kappa shape index (κ2) is 10.3. The zero-order chi connectivity index (χ0) is 22.5. The quantitative estimate of drug-likeness (QED) is 0.484. The van der Waals surface area contributed by atoms with Crippen molar-refractivity contribution in [2.24, 2.45) is 0 Å². The third kappa shape index (κ3) is 5.51. The van der Waals surface area contributed by atoms with Crippen LogP contribution >= 0.6 is 11.3 Å². The predicted molar refractivity (Wildman–Crippen MR) is 123 cm³/mol. The van der Waals surface area contributed by atoms with Crippen LogP contribution in [0.4, 0.5) is 0 Å². The number of nitrogens with one attached hydrogen (secondary N) is 2. The fourth-order valence-electron chi connectivity index (χ4n) is 3.67. The number of benzene rings is 1. The van der Waals surface area contributed by atoms with E-state index in [0.717, 1.165) is 52.6 Å². The van der Waals surface area contributed by atoms with Crippen molar-refractivity contribution >= 4 is 17.2 Å². The van der Waals surface area contributed by atoms with Crippen LogP contribution in [0.25, 0.3) is 10.6 Å². The minimum Gasteiger partial charge on any atom is -0.454 e. The Morgan fingerprint density at radius 3 is 2.94 bits per heavy atom. The summed E-state index contributed by atoms with van der Waals surface area (Å²) in [6.07, 6.45) is 2.49. The summed E-state index contributed by atoms with van der Waals surface area (Å²) in [5, 5.41) is 3.41. The lowest BCUT2D eigenvalue weighted by molar-refractivity contribution is -0.186. The number of hydroxylamine groups is 1. The molecule has 9 heteroatoms. The van der Waals surface area contributed by atoms with Crippen LogP contribution in [0.1, 0.15) is 40.2 Å². The molecule has 1 amide bonds. The molecule has 2 aliphatic heterocycles. The SMILES string of the molecule is O=C(NOC1CCCCO1)c1ccc(-c2cccc(CNCc3ccc4c(c3)OCO4)n2)s1. The number of carbonyl (C=O) groups is 1. The largest absolute Gasteiger partial charge is 0.454 e. The Morgan fingerprint density at radius 2 is 2.03 bits per heavy atom. The Kier molecular flexibility index (Phi) is 6.82. The fourth-order valence-corrected chi connectivity index (χ4v) is 4.53. The molecule has 2 aromatic heterocycles. The number of hydrogen-bond donors (Lipinski definition) is 2. The Morgan fingerprint density at radius 1 is 1.09 bits per heavy atom. The second-order valence-corrected chi connectivity index (χ2v) is 8.90. The molecule has 1 unspecified atom stereocenters. The molecule has 1 fully saturated rings. The molecular formula is C24H25N3O5S. The summed E-state index contributed by atoms with van der Waals surface area (Å²) < 4.78 is 16.3. The molecule has 1 atom stereocenters. The van der Waals surface area contributed by atoms with Gasteiger partial charge in [0.25, 0.3) is 5.91 Å². The van der Waals surface area contributed by atoms with E-state index in [1.165, 1.54) is 11.3 Å². The van der Waals surface area contributed by atoms with E-state index in [0.29, 0.717) is 24.6 Å². The van der Waals surface area contributed by atoms with Gasteiger partial charge in [-0.2, -0.15) is 0 Å². The van der Waals surface area contributed by atoms with Gasteiger partial charge in [-0.1, -0.05) is 12.1 Å². The Bertz CT molecular complexity index is 1110. The number of nitrogens with zero attached hydrogens (tertiary/aromatic N) is 1. The molecule has 1 saturated heterocycles. The number of amides is 1. The molecule has 8 nitrogen and oxygen atoms in total. The van der Waals surface area contributed by atoms with E-state index in [-0.39, 0.29) is 19.0 Å². The number of hydrogen-bond acceptors (Lipinski definition) is 8. The fraction of sp³-hybridized carbons (Fsp3) is 0.333.